The molecule has 0 atom stereocenters. The molecule has 1 aromatic carbocycles. The largest absolute Gasteiger partial charge is 0.462 e. The molecule has 2 aromatic rings. The van der Waals surface area contributed by atoms with Crippen molar-refractivity contribution in [2.75, 3.05) is 25.0 Å². The third kappa shape index (κ3) is 4.57. The van der Waals surface area contributed by atoms with Crippen LogP contribution in [0.5, 0.6) is 0 Å². The highest BCUT2D eigenvalue weighted by atomic mass is 35.5. The van der Waals surface area contributed by atoms with E-state index in [1.54, 1.807) is 6.92 Å². The normalized spacial score (nSPS) is 13.4. The molecular formula is C21H27ClN2O3S. The highest BCUT2D eigenvalue weighted by Gasteiger charge is 2.29. The lowest BCUT2D eigenvalue weighted by Gasteiger charge is -2.25. The van der Waals surface area contributed by atoms with Crippen LogP contribution in [0.15, 0.2) is 18.2 Å². The first kappa shape index (κ1) is 22.4. The molecule has 1 aliphatic rings. The second kappa shape index (κ2) is 9.54. The Kier molecular flexibility index (Phi) is 7.63. The van der Waals surface area contributed by atoms with E-state index in [-0.39, 0.29) is 24.3 Å². The molecule has 7 heteroatoms. The molecule has 5 nitrogen and oxygen atoms in total. The predicted molar refractivity (Wildman–Crippen MR) is 116 cm³/mol. The molecule has 1 aromatic heterocycles. The summed E-state index contributed by atoms with van der Waals surface area (Å²) >= 11 is 1.49. The van der Waals surface area contributed by atoms with Crippen molar-refractivity contribution in [1.82, 2.24) is 4.90 Å². The summed E-state index contributed by atoms with van der Waals surface area (Å²) in [4.78, 5) is 28.8. The van der Waals surface area contributed by atoms with Crippen LogP contribution in [0.1, 0.15) is 56.1 Å². The van der Waals surface area contributed by atoms with E-state index in [0.717, 1.165) is 47.6 Å². The molecule has 0 radical (unpaired) electrons. The van der Waals surface area contributed by atoms with Gasteiger partial charge in [0.1, 0.15) is 5.00 Å². The van der Waals surface area contributed by atoms with Crippen LogP contribution in [-0.2, 0) is 17.7 Å². The minimum absolute atomic E-state index is 0. The van der Waals surface area contributed by atoms with Gasteiger partial charge in [-0.1, -0.05) is 13.0 Å². The van der Waals surface area contributed by atoms with Crippen molar-refractivity contribution < 1.29 is 14.3 Å². The Balaban J connectivity index is 0.00000280. The van der Waals surface area contributed by atoms with Gasteiger partial charge >= 0.3 is 5.97 Å². The van der Waals surface area contributed by atoms with E-state index >= 15 is 0 Å². The van der Waals surface area contributed by atoms with E-state index in [9.17, 15) is 9.59 Å². The number of likely N-dealkylation sites (N-methyl/N-ethyl adjacent to an activating group) is 1. The van der Waals surface area contributed by atoms with Crippen molar-refractivity contribution >= 4 is 40.6 Å². The van der Waals surface area contributed by atoms with E-state index in [1.807, 2.05) is 32.0 Å². The Morgan fingerprint density at radius 3 is 2.61 bits per heavy atom. The molecule has 0 spiro atoms. The van der Waals surface area contributed by atoms with E-state index in [2.05, 4.69) is 17.1 Å². The zero-order chi connectivity index (χ0) is 19.6. The fourth-order valence-corrected chi connectivity index (χ4v) is 4.56. The summed E-state index contributed by atoms with van der Waals surface area (Å²) < 4.78 is 5.27. The van der Waals surface area contributed by atoms with Gasteiger partial charge in [0.05, 0.1) is 12.2 Å². The van der Waals surface area contributed by atoms with E-state index < -0.39 is 0 Å². The van der Waals surface area contributed by atoms with Gasteiger partial charge in [0, 0.05) is 23.5 Å². The molecule has 0 unspecified atom stereocenters. The molecule has 0 bridgehead atoms. The molecule has 0 saturated carbocycles. The summed E-state index contributed by atoms with van der Waals surface area (Å²) in [7, 11) is 0. The van der Waals surface area contributed by atoms with Crippen LogP contribution in [-0.4, -0.2) is 36.5 Å². The van der Waals surface area contributed by atoms with Crippen LogP contribution in [0.25, 0.3) is 0 Å². The maximum Gasteiger partial charge on any atom is 0.341 e. The van der Waals surface area contributed by atoms with E-state index in [0.29, 0.717) is 22.7 Å². The third-order valence-electron chi connectivity index (χ3n) is 5.06. The van der Waals surface area contributed by atoms with Crippen molar-refractivity contribution in [3.63, 3.8) is 0 Å². The minimum atomic E-state index is -0.352. The number of thiophene rings is 1. The van der Waals surface area contributed by atoms with Gasteiger partial charge in [-0.2, -0.15) is 0 Å². The van der Waals surface area contributed by atoms with Crippen LogP contribution in [0, 0.1) is 13.8 Å². The Morgan fingerprint density at radius 2 is 1.96 bits per heavy atom. The van der Waals surface area contributed by atoms with Gasteiger partial charge < -0.3 is 10.1 Å². The maximum atomic E-state index is 12.8. The van der Waals surface area contributed by atoms with Gasteiger partial charge in [0.2, 0.25) is 0 Å². The quantitative estimate of drug-likeness (QED) is 0.715. The second-order valence-electron chi connectivity index (χ2n) is 6.80. The monoisotopic (exact) mass is 422 g/mol. The summed E-state index contributed by atoms with van der Waals surface area (Å²) in [5.41, 5.74) is 4.36. The minimum Gasteiger partial charge on any atom is -0.462 e. The van der Waals surface area contributed by atoms with Crippen molar-refractivity contribution in [1.29, 1.82) is 0 Å². The molecule has 1 amide bonds. The number of esters is 1. The van der Waals surface area contributed by atoms with Gasteiger partial charge in [-0.05, 0) is 62.6 Å². The number of amides is 1. The highest BCUT2D eigenvalue weighted by Crippen LogP contribution is 2.38. The Labute approximate surface area is 176 Å². The average Bonchev–Trinajstić information content (AvgIpc) is 3.00. The SMILES string of the molecule is CCOC(=O)c1c(NC(=O)c2ccc(C)c(C)c2)sc2c1CCN(CC)C2.Cl. The fraction of sp³-hybridized carbons (Fsp3) is 0.429. The number of nitrogens with zero attached hydrogens (tertiary/aromatic N) is 1. The number of carbonyl (C=O) groups is 2. The number of rotatable bonds is 5. The number of halogens is 1. The molecule has 28 heavy (non-hydrogen) atoms. The highest BCUT2D eigenvalue weighted by molar-refractivity contribution is 7.17. The molecule has 1 N–H and O–H groups in total. The first-order valence-electron chi connectivity index (χ1n) is 9.37. The molecular weight excluding hydrogens is 396 g/mol. The first-order chi connectivity index (χ1) is 12.9. The van der Waals surface area contributed by atoms with Gasteiger partial charge in [0.15, 0.2) is 0 Å². The molecule has 152 valence electrons. The molecule has 0 fully saturated rings. The maximum absolute atomic E-state index is 12.8. The van der Waals surface area contributed by atoms with Crippen LogP contribution in [0.4, 0.5) is 5.00 Å². The number of aryl methyl sites for hydroxylation is 2. The molecule has 1 aliphatic heterocycles. The lowest BCUT2D eigenvalue weighted by Crippen LogP contribution is -2.30. The van der Waals surface area contributed by atoms with E-state index in [4.69, 9.17) is 4.74 Å². The molecule has 0 aliphatic carbocycles. The number of fused-ring (bicyclic) bond motifs is 1. The number of carbonyl (C=O) groups excluding carboxylic acids is 2. The lowest BCUT2D eigenvalue weighted by atomic mass is 10.0. The molecule has 0 saturated heterocycles. The summed E-state index contributed by atoms with van der Waals surface area (Å²) in [5, 5.41) is 3.56. The number of ether oxygens (including phenoxy) is 1. The molecule has 3 rings (SSSR count). The van der Waals surface area contributed by atoms with Crippen molar-refractivity contribution in [2.45, 2.75) is 40.7 Å². The number of anilines is 1. The van der Waals surface area contributed by atoms with Gasteiger partial charge in [-0.15, -0.1) is 23.7 Å². The van der Waals surface area contributed by atoms with Crippen molar-refractivity contribution in [3.05, 3.63) is 50.9 Å². The van der Waals surface area contributed by atoms with Crippen molar-refractivity contribution in [3.8, 4) is 0 Å². The second-order valence-corrected chi connectivity index (χ2v) is 7.91. The van der Waals surface area contributed by atoms with Crippen LogP contribution < -0.4 is 5.32 Å². The fourth-order valence-electron chi connectivity index (χ4n) is 3.29. The van der Waals surface area contributed by atoms with E-state index in [1.165, 1.54) is 11.3 Å². The van der Waals surface area contributed by atoms with Gasteiger partial charge in [0.25, 0.3) is 5.91 Å². The van der Waals surface area contributed by atoms with Crippen LogP contribution in [0.3, 0.4) is 0 Å². The standard InChI is InChI=1S/C21H26N2O3S.ClH/c1-5-23-10-9-16-17(12-23)27-20(18(16)21(25)26-6-2)22-19(24)15-8-7-13(3)14(4)11-15;/h7-8,11H,5-6,9-10,12H2,1-4H3,(H,22,24);1H. The predicted octanol–water partition coefficient (Wildman–Crippen LogP) is 4.59. The Hall–Kier alpha value is -1.89. The summed E-state index contributed by atoms with van der Waals surface area (Å²) in [5.74, 6) is -0.551. The van der Waals surface area contributed by atoms with Crippen LogP contribution >= 0.6 is 23.7 Å². The van der Waals surface area contributed by atoms with Gasteiger partial charge in [-0.3, -0.25) is 9.69 Å². The summed E-state index contributed by atoms with van der Waals surface area (Å²) in [6, 6.07) is 5.63. The number of nitrogens with one attached hydrogen (secondary N) is 1. The number of benzene rings is 1. The molecule has 2 heterocycles. The van der Waals surface area contributed by atoms with Crippen LogP contribution in [0.2, 0.25) is 0 Å². The Morgan fingerprint density at radius 1 is 1.21 bits per heavy atom. The number of hydrogen-bond donors (Lipinski definition) is 1. The Bertz CT molecular complexity index is 879. The summed E-state index contributed by atoms with van der Waals surface area (Å²) in [6.07, 6.45) is 0.799. The zero-order valence-electron chi connectivity index (χ0n) is 16.8. The lowest BCUT2D eigenvalue weighted by molar-refractivity contribution is 0.0526. The average molecular weight is 423 g/mol. The first-order valence-corrected chi connectivity index (χ1v) is 10.2. The third-order valence-corrected chi connectivity index (χ3v) is 6.19. The summed E-state index contributed by atoms with van der Waals surface area (Å²) in [6.45, 7) is 10.9. The van der Waals surface area contributed by atoms with Gasteiger partial charge in [-0.25, -0.2) is 4.79 Å². The topological polar surface area (TPSA) is 58.6 Å². The van der Waals surface area contributed by atoms with Crippen molar-refractivity contribution in [2.24, 2.45) is 0 Å². The smallest absolute Gasteiger partial charge is 0.341 e. The zero-order valence-corrected chi connectivity index (χ0v) is 18.4. The number of hydrogen-bond acceptors (Lipinski definition) is 5.